The minimum Gasteiger partial charge on any atom is -0.481 e. The van der Waals surface area contributed by atoms with Crippen LogP contribution in [0.2, 0.25) is 0 Å². The van der Waals surface area contributed by atoms with Gasteiger partial charge in [-0.1, -0.05) is 12.8 Å². The molecule has 2 unspecified atom stereocenters. The third kappa shape index (κ3) is 4.20. The summed E-state index contributed by atoms with van der Waals surface area (Å²) in [5.74, 6) is 0.980. The molecule has 2 aromatic heterocycles. The summed E-state index contributed by atoms with van der Waals surface area (Å²) in [6.07, 6.45) is 6.88. The first-order valence-corrected chi connectivity index (χ1v) is 8.71. The Labute approximate surface area is 147 Å². The number of hydrogen-bond donors (Lipinski definition) is 1. The smallest absolute Gasteiger partial charge is 0.255 e. The van der Waals surface area contributed by atoms with Gasteiger partial charge in [0, 0.05) is 31.3 Å². The molecule has 6 nitrogen and oxygen atoms in total. The normalized spacial score (nSPS) is 19.3. The Kier molecular flexibility index (Phi) is 5.71. The number of nitrogens with zero attached hydrogens (tertiary/aromatic N) is 2. The Morgan fingerprint density at radius 1 is 1.40 bits per heavy atom. The van der Waals surface area contributed by atoms with Crippen LogP contribution in [0.5, 0.6) is 5.88 Å². The summed E-state index contributed by atoms with van der Waals surface area (Å²) in [7, 11) is 1.55. The molecule has 0 spiro atoms. The summed E-state index contributed by atoms with van der Waals surface area (Å²) in [5, 5.41) is 10.4. The number of aliphatic hydroxyl groups is 1. The van der Waals surface area contributed by atoms with Crippen LogP contribution < -0.4 is 4.74 Å². The quantitative estimate of drug-likeness (QED) is 0.901. The molecule has 2 aromatic rings. The minimum absolute atomic E-state index is 0.0165. The third-order valence-electron chi connectivity index (χ3n) is 4.70. The highest BCUT2D eigenvalue weighted by Crippen LogP contribution is 2.28. The van der Waals surface area contributed by atoms with Crippen LogP contribution in [-0.4, -0.2) is 40.6 Å². The lowest BCUT2D eigenvalue weighted by Crippen LogP contribution is -2.41. The van der Waals surface area contributed by atoms with Crippen molar-refractivity contribution in [1.29, 1.82) is 0 Å². The maximum absolute atomic E-state index is 13.0. The molecule has 1 N–H and O–H groups in total. The zero-order valence-electron chi connectivity index (χ0n) is 14.4. The molecule has 1 aliphatic heterocycles. The van der Waals surface area contributed by atoms with Gasteiger partial charge in [-0.15, -0.1) is 0 Å². The molecule has 25 heavy (non-hydrogen) atoms. The van der Waals surface area contributed by atoms with Crippen molar-refractivity contribution in [3.05, 3.63) is 48.0 Å². The van der Waals surface area contributed by atoms with Gasteiger partial charge in [-0.25, -0.2) is 4.98 Å². The number of ether oxygens (including phenoxy) is 1. The van der Waals surface area contributed by atoms with E-state index >= 15 is 0 Å². The fourth-order valence-corrected chi connectivity index (χ4v) is 3.34. The van der Waals surface area contributed by atoms with Crippen molar-refractivity contribution < 1.29 is 19.1 Å². The van der Waals surface area contributed by atoms with Gasteiger partial charge in [0.25, 0.3) is 5.91 Å². The molecule has 0 radical (unpaired) electrons. The van der Waals surface area contributed by atoms with Crippen LogP contribution >= 0.6 is 0 Å². The van der Waals surface area contributed by atoms with Gasteiger partial charge in [-0.3, -0.25) is 4.79 Å². The van der Waals surface area contributed by atoms with Crippen molar-refractivity contribution in [3.8, 4) is 5.88 Å². The fraction of sp³-hybridized carbons (Fsp3) is 0.474. The number of aromatic nitrogens is 1. The molecule has 0 saturated carbocycles. The number of pyridine rings is 1. The second-order valence-electron chi connectivity index (χ2n) is 6.36. The average molecular weight is 344 g/mol. The lowest BCUT2D eigenvalue weighted by atomic mass is 10.0. The number of aliphatic hydroxyl groups excluding tert-OH is 1. The Bertz CT molecular complexity index is 669. The summed E-state index contributed by atoms with van der Waals surface area (Å²) in [5.41, 5.74) is 0.542. The summed E-state index contributed by atoms with van der Waals surface area (Å²) in [4.78, 5) is 19.0. The van der Waals surface area contributed by atoms with Crippen molar-refractivity contribution in [2.24, 2.45) is 0 Å². The van der Waals surface area contributed by atoms with Gasteiger partial charge in [0.15, 0.2) is 0 Å². The van der Waals surface area contributed by atoms with Gasteiger partial charge in [-0.2, -0.15) is 0 Å². The molecule has 1 fully saturated rings. The highest BCUT2D eigenvalue weighted by molar-refractivity contribution is 5.94. The minimum atomic E-state index is -0.706. The van der Waals surface area contributed by atoms with E-state index in [1.54, 1.807) is 43.8 Å². The second kappa shape index (κ2) is 8.16. The summed E-state index contributed by atoms with van der Waals surface area (Å²) in [6.45, 7) is 0.695. The molecular formula is C19H24N2O4. The monoisotopic (exact) mass is 344 g/mol. The number of methoxy groups -OCH3 is 1. The number of carbonyl (C=O) groups is 1. The van der Waals surface area contributed by atoms with Crippen LogP contribution in [-0.2, 0) is 0 Å². The van der Waals surface area contributed by atoms with Crippen LogP contribution in [0.25, 0.3) is 0 Å². The van der Waals surface area contributed by atoms with E-state index in [1.165, 1.54) is 0 Å². The van der Waals surface area contributed by atoms with Crippen LogP contribution in [0.3, 0.4) is 0 Å². The van der Waals surface area contributed by atoms with E-state index in [-0.39, 0.29) is 11.9 Å². The number of likely N-dealkylation sites (tertiary alicyclic amines) is 1. The van der Waals surface area contributed by atoms with E-state index in [1.807, 2.05) is 4.90 Å². The number of rotatable bonds is 5. The highest BCUT2D eigenvalue weighted by Gasteiger charge is 2.29. The zero-order chi connectivity index (χ0) is 17.6. The molecular weight excluding hydrogens is 320 g/mol. The lowest BCUT2D eigenvalue weighted by Gasteiger charge is -2.31. The van der Waals surface area contributed by atoms with Crippen LogP contribution in [0.4, 0.5) is 0 Å². The maximum atomic E-state index is 13.0. The van der Waals surface area contributed by atoms with Gasteiger partial charge in [-0.05, 0) is 31.0 Å². The molecule has 1 amide bonds. The van der Waals surface area contributed by atoms with E-state index in [4.69, 9.17) is 9.15 Å². The Hall–Kier alpha value is -2.34. The number of amides is 1. The van der Waals surface area contributed by atoms with Crippen molar-refractivity contribution >= 4 is 5.91 Å². The molecule has 3 heterocycles. The van der Waals surface area contributed by atoms with E-state index in [0.29, 0.717) is 30.2 Å². The molecule has 0 aliphatic carbocycles. The average Bonchev–Trinajstić information content (AvgIpc) is 3.09. The number of furan rings is 1. The standard InChI is InChI=1S/C19H24N2O4/c1-24-18-9-8-14(13-20-18)19(23)21-10-4-2-3-6-15(21)12-16(22)17-7-5-11-25-17/h5,7-9,11,13,15-16,22H,2-4,6,10,12H2,1H3. The molecule has 134 valence electrons. The van der Waals surface area contributed by atoms with E-state index < -0.39 is 6.10 Å². The SMILES string of the molecule is COc1ccc(C(=O)N2CCCCCC2CC(O)c2ccco2)cn1. The molecule has 0 bridgehead atoms. The van der Waals surface area contributed by atoms with E-state index in [9.17, 15) is 9.90 Å². The molecule has 3 rings (SSSR count). The van der Waals surface area contributed by atoms with Crippen LogP contribution in [0, 0.1) is 0 Å². The summed E-state index contributed by atoms with van der Waals surface area (Å²) >= 11 is 0. The Morgan fingerprint density at radius 3 is 2.96 bits per heavy atom. The first-order valence-electron chi connectivity index (χ1n) is 8.71. The van der Waals surface area contributed by atoms with Gasteiger partial charge >= 0.3 is 0 Å². The largest absolute Gasteiger partial charge is 0.481 e. The highest BCUT2D eigenvalue weighted by atomic mass is 16.5. The van der Waals surface area contributed by atoms with Gasteiger partial charge in [0.05, 0.1) is 18.9 Å². The fourth-order valence-electron chi connectivity index (χ4n) is 3.34. The third-order valence-corrected chi connectivity index (χ3v) is 4.70. The Morgan fingerprint density at radius 2 is 2.28 bits per heavy atom. The van der Waals surface area contributed by atoms with Crippen molar-refractivity contribution in [2.75, 3.05) is 13.7 Å². The topological polar surface area (TPSA) is 75.8 Å². The predicted molar refractivity (Wildman–Crippen MR) is 92.4 cm³/mol. The molecule has 1 aliphatic rings. The van der Waals surface area contributed by atoms with Crippen molar-refractivity contribution in [1.82, 2.24) is 9.88 Å². The predicted octanol–water partition coefficient (Wildman–Crippen LogP) is 3.19. The summed E-state index contributed by atoms with van der Waals surface area (Å²) in [6, 6.07) is 6.94. The van der Waals surface area contributed by atoms with Gasteiger partial charge in [0.1, 0.15) is 11.9 Å². The number of carbonyl (C=O) groups excluding carboxylic acids is 1. The van der Waals surface area contributed by atoms with Gasteiger partial charge < -0.3 is 19.2 Å². The van der Waals surface area contributed by atoms with Crippen LogP contribution in [0.1, 0.15) is 54.3 Å². The molecule has 0 aromatic carbocycles. The summed E-state index contributed by atoms with van der Waals surface area (Å²) < 4.78 is 10.3. The van der Waals surface area contributed by atoms with E-state index in [0.717, 1.165) is 25.7 Å². The molecule has 6 heteroatoms. The first-order chi connectivity index (χ1) is 12.2. The zero-order valence-corrected chi connectivity index (χ0v) is 14.4. The van der Waals surface area contributed by atoms with Crippen LogP contribution in [0.15, 0.2) is 41.1 Å². The maximum Gasteiger partial charge on any atom is 0.255 e. The lowest BCUT2D eigenvalue weighted by molar-refractivity contribution is 0.0557. The molecule has 1 saturated heterocycles. The first kappa shape index (κ1) is 17.5. The van der Waals surface area contributed by atoms with Crippen molar-refractivity contribution in [2.45, 2.75) is 44.2 Å². The van der Waals surface area contributed by atoms with Gasteiger partial charge in [0.2, 0.25) is 5.88 Å². The molecule has 2 atom stereocenters. The second-order valence-corrected chi connectivity index (χ2v) is 6.36. The van der Waals surface area contributed by atoms with E-state index in [2.05, 4.69) is 4.98 Å². The Balaban J connectivity index is 1.75. The van der Waals surface area contributed by atoms with Crippen molar-refractivity contribution in [3.63, 3.8) is 0 Å². The number of hydrogen-bond acceptors (Lipinski definition) is 5.